The number of rotatable bonds is 4. The Morgan fingerprint density at radius 1 is 1.28 bits per heavy atom. The van der Waals surface area contributed by atoms with Crippen LogP contribution in [0.25, 0.3) is 0 Å². The molecule has 0 aliphatic heterocycles. The zero-order valence-electron chi connectivity index (χ0n) is 12.6. The Balaban J connectivity index is 2.17. The second-order valence-corrected chi connectivity index (χ2v) is 7.28. The van der Waals surface area contributed by atoms with Gasteiger partial charge >= 0.3 is 5.97 Å². The molecule has 0 bridgehead atoms. The van der Waals surface area contributed by atoms with E-state index in [2.05, 4.69) is 39.9 Å². The highest BCUT2D eigenvalue weighted by atomic mass is 16.5. The molecule has 0 unspecified atom stereocenters. The van der Waals surface area contributed by atoms with Crippen molar-refractivity contribution < 1.29 is 9.53 Å². The van der Waals surface area contributed by atoms with Crippen molar-refractivity contribution in [3.63, 3.8) is 0 Å². The molecule has 0 aromatic heterocycles. The fraction of sp³-hybridized carbons (Fsp3) is 0.933. The van der Waals surface area contributed by atoms with Crippen molar-refractivity contribution in [1.82, 2.24) is 5.32 Å². The lowest BCUT2D eigenvalue weighted by Gasteiger charge is -2.33. The van der Waals surface area contributed by atoms with E-state index in [9.17, 15) is 4.79 Å². The number of carbonyl (C=O) groups excluding carboxylic acids is 1. The van der Waals surface area contributed by atoms with Gasteiger partial charge in [0.1, 0.15) is 6.10 Å². The molecule has 0 spiro atoms. The highest BCUT2D eigenvalue weighted by Gasteiger charge is 2.28. The van der Waals surface area contributed by atoms with Crippen LogP contribution >= 0.6 is 0 Å². The van der Waals surface area contributed by atoms with Crippen LogP contribution < -0.4 is 5.32 Å². The van der Waals surface area contributed by atoms with E-state index >= 15 is 0 Å². The first-order valence-electron chi connectivity index (χ1n) is 7.12. The van der Waals surface area contributed by atoms with Crippen molar-refractivity contribution in [3.05, 3.63) is 0 Å². The first-order valence-corrected chi connectivity index (χ1v) is 7.12. The molecular weight excluding hydrogens is 226 g/mol. The van der Waals surface area contributed by atoms with Crippen molar-refractivity contribution in [2.45, 2.75) is 78.4 Å². The first-order chi connectivity index (χ1) is 8.18. The predicted molar refractivity (Wildman–Crippen MR) is 74.5 cm³/mol. The Bertz CT molecular complexity index is 269. The number of ether oxygens (including phenoxy) is 1. The van der Waals surface area contributed by atoms with Gasteiger partial charge < -0.3 is 10.1 Å². The third kappa shape index (κ3) is 6.39. The lowest BCUT2D eigenvalue weighted by molar-refractivity contribution is -0.151. The average molecular weight is 255 g/mol. The lowest BCUT2D eigenvalue weighted by atomic mass is 9.76. The van der Waals surface area contributed by atoms with Crippen LogP contribution in [-0.4, -0.2) is 24.2 Å². The standard InChI is InChI=1S/C15H29NO2/c1-14(2,3)16-11-8-13(17)18-12-6-9-15(4,5)10-7-12/h12,16H,6-11H2,1-5H3. The zero-order valence-corrected chi connectivity index (χ0v) is 12.6. The molecule has 0 aromatic rings. The Morgan fingerprint density at radius 2 is 1.83 bits per heavy atom. The molecule has 0 radical (unpaired) electrons. The van der Waals surface area contributed by atoms with Gasteiger partial charge in [0.05, 0.1) is 6.42 Å². The molecule has 0 amide bonds. The fourth-order valence-electron chi connectivity index (χ4n) is 2.28. The van der Waals surface area contributed by atoms with Crippen molar-refractivity contribution >= 4 is 5.97 Å². The molecule has 1 rings (SSSR count). The minimum atomic E-state index is -0.0588. The molecular formula is C15H29NO2. The largest absolute Gasteiger partial charge is 0.462 e. The number of hydrogen-bond donors (Lipinski definition) is 1. The van der Waals surface area contributed by atoms with E-state index < -0.39 is 0 Å². The molecule has 0 aromatic carbocycles. The smallest absolute Gasteiger partial charge is 0.307 e. The number of carbonyl (C=O) groups is 1. The molecule has 106 valence electrons. The highest BCUT2D eigenvalue weighted by molar-refractivity contribution is 5.69. The van der Waals surface area contributed by atoms with Crippen LogP contribution in [0.3, 0.4) is 0 Å². The van der Waals surface area contributed by atoms with Crippen LogP contribution in [0.2, 0.25) is 0 Å². The van der Waals surface area contributed by atoms with E-state index in [0.29, 0.717) is 18.4 Å². The molecule has 1 aliphatic carbocycles. The molecule has 0 heterocycles. The molecule has 18 heavy (non-hydrogen) atoms. The van der Waals surface area contributed by atoms with Gasteiger partial charge in [-0.2, -0.15) is 0 Å². The maximum atomic E-state index is 11.7. The van der Waals surface area contributed by atoms with Gasteiger partial charge in [-0.25, -0.2) is 0 Å². The normalized spacial score (nSPS) is 20.7. The van der Waals surface area contributed by atoms with E-state index in [-0.39, 0.29) is 17.6 Å². The molecule has 0 saturated heterocycles. The second kappa shape index (κ2) is 6.05. The van der Waals surface area contributed by atoms with Crippen LogP contribution in [0.4, 0.5) is 0 Å². The van der Waals surface area contributed by atoms with Crippen LogP contribution in [0.1, 0.15) is 66.7 Å². The third-order valence-corrected chi connectivity index (χ3v) is 3.57. The molecule has 1 aliphatic rings. The Kier molecular flexibility index (Phi) is 5.20. The summed E-state index contributed by atoms with van der Waals surface area (Å²) in [5.74, 6) is -0.0588. The van der Waals surface area contributed by atoms with Gasteiger partial charge in [0.15, 0.2) is 0 Å². The monoisotopic (exact) mass is 255 g/mol. The van der Waals surface area contributed by atoms with Crippen LogP contribution in [0, 0.1) is 5.41 Å². The summed E-state index contributed by atoms with van der Waals surface area (Å²) in [4.78, 5) is 11.7. The lowest BCUT2D eigenvalue weighted by Crippen LogP contribution is -2.37. The number of nitrogens with one attached hydrogen (secondary N) is 1. The van der Waals surface area contributed by atoms with E-state index in [1.54, 1.807) is 0 Å². The number of hydrogen-bond acceptors (Lipinski definition) is 3. The minimum Gasteiger partial charge on any atom is -0.462 e. The summed E-state index contributed by atoms with van der Waals surface area (Å²) in [6.45, 7) is 11.6. The van der Waals surface area contributed by atoms with E-state index in [1.807, 2.05) is 0 Å². The van der Waals surface area contributed by atoms with Gasteiger partial charge in [0, 0.05) is 12.1 Å². The maximum absolute atomic E-state index is 11.7. The maximum Gasteiger partial charge on any atom is 0.307 e. The van der Waals surface area contributed by atoms with Crippen LogP contribution in [0.15, 0.2) is 0 Å². The van der Waals surface area contributed by atoms with Crippen molar-refractivity contribution in [1.29, 1.82) is 0 Å². The Hall–Kier alpha value is -0.570. The summed E-state index contributed by atoms with van der Waals surface area (Å²) < 4.78 is 5.52. The van der Waals surface area contributed by atoms with Crippen molar-refractivity contribution in [2.75, 3.05) is 6.54 Å². The second-order valence-electron chi connectivity index (χ2n) is 7.28. The summed E-state index contributed by atoms with van der Waals surface area (Å²) in [6.07, 6.45) is 4.98. The Labute approximate surface area is 112 Å². The summed E-state index contributed by atoms with van der Waals surface area (Å²) >= 11 is 0. The molecule has 3 heteroatoms. The van der Waals surface area contributed by atoms with Gasteiger partial charge in [-0.1, -0.05) is 13.8 Å². The molecule has 1 fully saturated rings. The average Bonchev–Trinajstić information content (AvgIpc) is 2.19. The molecule has 0 atom stereocenters. The fourth-order valence-corrected chi connectivity index (χ4v) is 2.28. The van der Waals surface area contributed by atoms with Crippen LogP contribution in [0.5, 0.6) is 0 Å². The number of esters is 1. The van der Waals surface area contributed by atoms with E-state index in [1.165, 1.54) is 0 Å². The summed E-state index contributed by atoms with van der Waals surface area (Å²) in [6, 6.07) is 0. The first kappa shape index (κ1) is 15.5. The quantitative estimate of drug-likeness (QED) is 0.783. The van der Waals surface area contributed by atoms with Gasteiger partial charge in [-0.3, -0.25) is 4.79 Å². The molecule has 1 N–H and O–H groups in total. The molecule has 3 nitrogen and oxygen atoms in total. The van der Waals surface area contributed by atoms with Crippen LogP contribution in [-0.2, 0) is 9.53 Å². The predicted octanol–water partition coefficient (Wildman–Crippen LogP) is 3.28. The highest BCUT2D eigenvalue weighted by Crippen LogP contribution is 2.36. The summed E-state index contributed by atoms with van der Waals surface area (Å²) in [7, 11) is 0. The van der Waals surface area contributed by atoms with Gasteiger partial charge in [-0.05, 0) is 51.9 Å². The minimum absolute atomic E-state index is 0.0588. The van der Waals surface area contributed by atoms with Crippen molar-refractivity contribution in [2.24, 2.45) is 5.41 Å². The van der Waals surface area contributed by atoms with Gasteiger partial charge in [0.25, 0.3) is 0 Å². The van der Waals surface area contributed by atoms with Gasteiger partial charge in [0.2, 0.25) is 0 Å². The van der Waals surface area contributed by atoms with E-state index in [0.717, 1.165) is 25.7 Å². The SMILES string of the molecule is CC1(C)CCC(OC(=O)CCNC(C)(C)C)CC1. The Morgan fingerprint density at radius 3 is 2.33 bits per heavy atom. The van der Waals surface area contributed by atoms with E-state index in [4.69, 9.17) is 4.74 Å². The zero-order chi connectivity index (χ0) is 13.8. The third-order valence-electron chi connectivity index (χ3n) is 3.57. The molecule has 1 saturated carbocycles. The topological polar surface area (TPSA) is 38.3 Å². The van der Waals surface area contributed by atoms with Crippen molar-refractivity contribution in [3.8, 4) is 0 Å². The summed E-state index contributed by atoms with van der Waals surface area (Å²) in [5, 5.41) is 3.30. The summed E-state index contributed by atoms with van der Waals surface area (Å²) in [5.41, 5.74) is 0.492. The van der Waals surface area contributed by atoms with Gasteiger partial charge in [-0.15, -0.1) is 0 Å².